The van der Waals surface area contributed by atoms with E-state index >= 15 is 0 Å². The fraction of sp³-hybridized carbons (Fsp3) is 0.389. The lowest BCUT2D eigenvalue weighted by Gasteiger charge is -2.26. The van der Waals surface area contributed by atoms with Crippen molar-refractivity contribution in [2.75, 3.05) is 37.8 Å². The number of anilines is 2. The monoisotopic (exact) mass is 1900 g/mol. The Bertz CT molecular complexity index is 6950. The molecule has 18 heterocycles. The number of nitrogens with two attached hydrogens (primary N) is 2. The molecule has 0 unspecified atom stereocenters. The van der Waals surface area contributed by atoms with Gasteiger partial charge >= 0.3 is 0 Å². The number of carbonyl (C=O) groups excluding carboxylic acids is 2. The van der Waals surface area contributed by atoms with Crippen LogP contribution in [0, 0.1) is 49.4 Å². The second-order valence-electron chi connectivity index (χ2n) is 37.0. The zero-order valence-electron chi connectivity index (χ0n) is 71.9. The van der Waals surface area contributed by atoms with Crippen molar-refractivity contribution in [3.8, 4) is 0 Å². The van der Waals surface area contributed by atoms with Crippen LogP contribution in [0.1, 0.15) is 126 Å². The quantitative estimate of drug-likeness (QED) is 0.0574. The number of aromatic nitrogens is 18. The minimum atomic E-state index is -1.20. The maximum Gasteiger partial charge on any atom is 0.164 e. The zero-order valence-corrected chi connectivity index (χ0v) is 75.1. The molecule has 4 aliphatic heterocycles. The summed E-state index contributed by atoms with van der Waals surface area (Å²) in [5, 5.41) is 100. The Hall–Kier alpha value is -11.5. The van der Waals surface area contributed by atoms with E-state index in [-0.39, 0.29) is 48.9 Å². The first-order valence-electron chi connectivity index (χ1n) is 44.1. The molecular formula is C95H98Br2N22O12. The van der Waals surface area contributed by atoms with Gasteiger partial charge in [-0.05, 0) is 212 Å². The van der Waals surface area contributed by atoms with E-state index in [9.17, 15) is 50.4 Å². The van der Waals surface area contributed by atoms with Crippen molar-refractivity contribution in [3.63, 3.8) is 0 Å². The average molecular weight is 1900 g/mol. The molecule has 4 saturated carbocycles. The third-order valence-corrected chi connectivity index (χ3v) is 30.9. The summed E-state index contributed by atoms with van der Waals surface area (Å²) < 4.78 is 25.4. The number of halogens is 2. The fourth-order valence-electron chi connectivity index (χ4n) is 22.4. The maximum absolute atomic E-state index is 13.8. The molecule has 2 aromatic carbocycles. The lowest BCUT2D eigenvalue weighted by molar-refractivity contribution is -0.133. The van der Waals surface area contributed by atoms with Crippen LogP contribution in [-0.2, 0) is 31.9 Å². The average Bonchev–Trinajstić information content (AvgIpc) is 1.57. The predicted octanol–water partition coefficient (Wildman–Crippen LogP) is 8.93. The SMILES string of the molecule is Cc1ncnc2c1ccn2[C@@H]1C[C@@]2(CN[C@@H](c3ccc4cc(Br)c(N)nc4c3)C2=O)[C@@H](O)[C@H]1O.Cc1ncnc2c1ccn2[C@@H]1C[C@@]2(CN[C@H](c3ccc4cc(Br)c(N)nc4c3)C2=O)[C@@H](O)[C@H]1O.Cc1ncnc2c1ccn2[C@@H]1C[C@@]2(CO[C@@H](CCc3ccn4ccnc4c3)C2)[C@@H](O)[C@H]1O.Cc1ncnc2c1ccn2[C@@H]1C[C@@]2(CO[C@@H](Cc3ccn4ccnc4c3)C2)[C@@H](O)[C@H]1O. The van der Waals surface area contributed by atoms with Crippen molar-refractivity contribution in [1.82, 2.24) is 97.5 Å². The molecule has 131 heavy (non-hydrogen) atoms. The van der Waals surface area contributed by atoms with Crippen molar-refractivity contribution in [3.05, 3.63) is 238 Å². The first kappa shape index (κ1) is 86.3. The molecule has 4 saturated heterocycles. The molecule has 16 aromatic rings. The van der Waals surface area contributed by atoms with Crippen LogP contribution >= 0.6 is 31.9 Å². The number of hydrogen-bond donors (Lipinski definition) is 12. The van der Waals surface area contributed by atoms with Crippen molar-refractivity contribution in [2.24, 2.45) is 21.7 Å². The molecule has 0 radical (unpaired) electrons. The Labute approximate surface area is 765 Å². The summed E-state index contributed by atoms with van der Waals surface area (Å²) in [7, 11) is 0. The number of aliphatic hydroxyl groups is 8. The Morgan fingerprint density at radius 1 is 0.420 bits per heavy atom. The third-order valence-electron chi connectivity index (χ3n) is 29.6. The minimum Gasteiger partial charge on any atom is -0.390 e. The largest absolute Gasteiger partial charge is 0.390 e. The number of imidazole rings is 2. The van der Waals surface area contributed by atoms with Gasteiger partial charge in [-0.3, -0.25) is 9.59 Å². The smallest absolute Gasteiger partial charge is 0.164 e. The predicted molar refractivity (Wildman–Crippen MR) is 492 cm³/mol. The van der Waals surface area contributed by atoms with Gasteiger partial charge in [0, 0.05) is 118 Å². The summed E-state index contributed by atoms with van der Waals surface area (Å²) in [6, 6.07) is 28.5. The van der Waals surface area contributed by atoms with Crippen LogP contribution in [0.25, 0.3) is 77.2 Å². The number of fused-ring (bicyclic) bond motifs is 8. The molecule has 8 fully saturated rings. The number of aryl methyl sites for hydroxylation is 5. The topological polar surface area (TPSA) is 474 Å². The van der Waals surface area contributed by atoms with Crippen LogP contribution in [0.3, 0.4) is 0 Å². The molecule has 674 valence electrons. The van der Waals surface area contributed by atoms with E-state index in [0.29, 0.717) is 88.2 Å². The number of nitrogens with one attached hydrogen (secondary N) is 2. The lowest BCUT2D eigenvalue weighted by Crippen LogP contribution is -2.42. The van der Waals surface area contributed by atoms with Crippen molar-refractivity contribution in [1.29, 1.82) is 0 Å². The highest BCUT2D eigenvalue weighted by atomic mass is 79.9. The van der Waals surface area contributed by atoms with Gasteiger partial charge in [-0.15, -0.1) is 0 Å². The molecule has 4 spiro atoms. The van der Waals surface area contributed by atoms with Crippen LogP contribution in [0.4, 0.5) is 11.6 Å². The number of hydrogen-bond acceptors (Lipinski definition) is 28. The van der Waals surface area contributed by atoms with Crippen LogP contribution in [0.15, 0.2) is 193 Å². The van der Waals surface area contributed by atoms with E-state index in [4.69, 9.17) is 20.9 Å². The number of carbonyl (C=O) groups is 2. The van der Waals surface area contributed by atoms with Gasteiger partial charge in [-0.1, -0.05) is 24.3 Å². The van der Waals surface area contributed by atoms with Crippen LogP contribution in [0.2, 0.25) is 0 Å². The van der Waals surface area contributed by atoms with Gasteiger partial charge in [-0.2, -0.15) is 0 Å². The third kappa shape index (κ3) is 14.6. The van der Waals surface area contributed by atoms with Gasteiger partial charge in [0.2, 0.25) is 0 Å². The van der Waals surface area contributed by atoms with Crippen molar-refractivity contribution in [2.45, 2.75) is 183 Å². The Morgan fingerprint density at radius 3 is 1.21 bits per heavy atom. The molecule has 0 bridgehead atoms. The molecule has 20 atom stereocenters. The normalized spacial score (nSPS) is 29.8. The standard InChI is InChI=1S/2C24H23BrN6O3.C24H27N5O3.C23H25N5O3/c2*1-11-14-4-5-31(23(14)29-10-28-11)17-8-24(21(34)19(17)32)9-27-18(20(24)33)13-3-2-12-6-15(25)22(26)30-16(12)7-13;1-15-18-5-8-29(23(18)27-14-26-15)19-12-24(22(31)21(19)30)11-17(32-13-24)3-2-16-4-7-28-9-6-25-20(28)10-16;1-14-17-3-6-28(22(17)26-13-25-14)18-11-23(21(30)20(18)29)10-16(31-12-23)8-15-2-5-27-7-4-24-19(27)9-15/h2*2-7,10,17-19,21,27,32,34H,8-9H2,1H3,(H2,26,30);4-10,14,17,19,21-22,30-31H,2-3,11-13H2,1H3;2-7,9,13,16,18,20-21,29-30H,8,10-12H2,1H3/t17-,18+,19+,21+,24+;17-,18-,19+,21+,24+;17-,19+,21-,22-,24-;16-,18+,20-,21-,23-/m1100/s1. The zero-order chi connectivity index (χ0) is 90.6. The molecule has 4 aliphatic carbocycles. The Morgan fingerprint density at radius 2 is 0.794 bits per heavy atom. The molecular weight excluding hydrogens is 1800 g/mol. The summed E-state index contributed by atoms with van der Waals surface area (Å²) in [5.41, 5.74) is 22.4. The van der Waals surface area contributed by atoms with Gasteiger partial charge < -0.3 is 99.5 Å². The summed E-state index contributed by atoms with van der Waals surface area (Å²) in [6.45, 7) is 9.16. The number of ketones is 2. The summed E-state index contributed by atoms with van der Waals surface area (Å²) in [4.78, 5) is 79.6. The van der Waals surface area contributed by atoms with Gasteiger partial charge in [0.25, 0.3) is 0 Å². The molecule has 36 heteroatoms. The molecule has 8 aliphatic rings. The number of nitrogen functional groups attached to an aromatic ring is 2. The van der Waals surface area contributed by atoms with Crippen molar-refractivity contribution >= 4 is 132 Å². The van der Waals surface area contributed by atoms with Gasteiger partial charge in [0.05, 0.1) is 140 Å². The number of Topliss-reactive ketones (excluding diaryl/α,β-unsaturated/α-hetero) is 2. The van der Waals surface area contributed by atoms with Gasteiger partial charge in [0.15, 0.2) is 11.6 Å². The number of pyridine rings is 4. The number of rotatable bonds is 11. The van der Waals surface area contributed by atoms with Crippen molar-refractivity contribution < 1.29 is 59.9 Å². The van der Waals surface area contributed by atoms with Gasteiger partial charge in [0.1, 0.15) is 95.2 Å². The number of benzene rings is 2. The van der Waals surface area contributed by atoms with Crippen LogP contribution < -0.4 is 22.1 Å². The molecule has 0 amide bonds. The summed E-state index contributed by atoms with van der Waals surface area (Å²) >= 11 is 6.78. The van der Waals surface area contributed by atoms with E-state index in [0.717, 1.165) is 120 Å². The molecule has 24 rings (SSSR count). The molecule has 34 nitrogen and oxygen atoms in total. The first-order chi connectivity index (χ1) is 63.2. The van der Waals surface area contributed by atoms with E-state index in [2.05, 4.69) is 127 Å². The van der Waals surface area contributed by atoms with E-state index in [1.807, 2.05) is 177 Å². The Balaban J connectivity index is 0.000000106. The van der Waals surface area contributed by atoms with E-state index in [1.165, 1.54) is 18.2 Å². The van der Waals surface area contributed by atoms with E-state index < -0.39 is 94.7 Å². The molecule has 14 aromatic heterocycles. The second-order valence-corrected chi connectivity index (χ2v) is 38.7. The summed E-state index contributed by atoms with van der Waals surface area (Å²) in [6.07, 6.45) is 23.1. The number of ether oxygens (including phenoxy) is 2. The number of nitrogens with zero attached hydrogens (tertiary/aromatic N) is 18. The molecule has 14 N–H and O–H groups in total. The highest BCUT2D eigenvalue weighted by molar-refractivity contribution is 9.11. The van der Waals surface area contributed by atoms with E-state index in [1.54, 1.807) is 25.0 Å². The lowest BCUT2D eigenvalue weighted by atomic mass is 9.79. The number of aliphatic hydroxyl groups excluding tert-OH is 8. The second kappa shape index (κ2) is 33.4. The van der Waals surface area contributed by atoms with Crippen LogP contribution in [-0.4, -0.2) is 227 Å². The highest BCUT2D eigenvalue weighted by Crippen LogP contribution is 2.57. The fourth-order valence-corrected chi connectivity index (χ4v) is 23.0. The first-order valence-corrected chi connectivity index (χ1v) is 45.7. The minimum absolute atomic E-state index is 0.00369. The maximum atomic E-state index is 13.8. The summed E-state index contributed by atoms with van der Waals surface area (Å²) in [5.74, 6) is 0.491. The van der Waals surface area contributed by atoms with Gasteiger partial charge in [-0.25, -0.2) is 59.8 Å². The highest BCUT2D eigenvalue weighted by Gasteiger charge is 2.64. The van der Waals surface area contributed by atoms with Crippen LogP contribution in [0.5, 0.6) is 0 Å². The Kier molecular flexibility index (Phi) is 22.0.